The van der Waals surface area contributed by atoms with Gasteiger partial charge >= 0.3 is 12.1 Å². The molecule has 0 saturated heterocycles. The maximum atomic E-state index is 11.8. The van der Waals surface area contributed by atoms with E-state index in [0.717, 1.165) is 19.3 Å². The van der Waals surface area contributed by atoms with E-state index in [1.54, 1.807) is 0 Å². The number of carbonyl (C=O) groups is 2. The molecule has 0 heterocycles. The van der Waals surface area contributed by atoms with Gasteiger partial charge in [-0.1, -0.05) is 6.92 Å². The lowest BCUT2D eigenvalue weighted by Gasteiger charge is -2.33. The molecule has 6 nitrogen and oxygen atoms in total. The first-order chi connectivity index (χ1) is 9.73. The van der Waals surface area contributed by atoms with Gasteiger partial charge in [0.25, 0.3) is 0 Å². The molecule has 6 heteroatoms. The van der Waals surface area contributed by atoms with E-state index in [-0.39, 0.29) is 23.8 Å². The Labute approximate surface area is 126 Å². The molecule has 21 heavy (non-hydrogen) atoms. The molecular formula is C15H28N2O4. The highest BCUT2D eigenvalue weighted by Gasteiger charge is 2.33. The van der Waals surface area contributed by atoms with Crippen molar-refractivity contribution < 1.29 is 19.1 Å². The van der Waals surface area contributed by atoms with Crippen molar-refractivity contribution in [3.8, 4) is 0 Å². The minimum Gasteiger partial charge on any atom is -0.466 e. The summed E-state index contributed by atoms with van der Waals surface area (Å²) in [6, 6.07) is 0.151. The molecule has 0 radical (unpaired) electrons. The predicted molar refractivity (Wildman–Crippen MR) is 79.4 cm³/mol. The van der Waals surface area contributed by atoms with E-state index < -0.39 is 11.7 Å². The summed E-state index contributed by atoms with van der Waals surface area (Å²) in [5.41, 5.74) is 5.05. The Balaban J connectivity index is 2.35. The summed E-state index contributed by atoms with van der Waals surface area (Å²) >= 11 is 0. The van der Waals surface area contributed by atoms with Crippen LogP contribution in [0.15, 0.2) is 0 Å². The van der Waals surface area contributed by atoms with Gasteiger partial charge in [-0.3, -0.25) is 10.2 Å². The molecule has 1 saturated carbocycles. The van der Waals surface area contributed by atoms with Crippen molar-refractivity contribution in [2.24, 2.45) is 11.8 Å². The van der Waals surface area contributed by atoms with Crippen LogP contribution in [-0.2, 0) is 14.3 Å². The molecule has 3 atom stereocenters. The van der Waals surface area contributed by atoms with Crippen molar-refractivity contribution in [1.82, 2.24) is 10.9 Å². The lowest BCUT2D eigenvalue weighted by molar-refractivity contribution is -0.151. The van der Waals surface area contributed by atoms with Gasteiger partial charge in [0, 0.05) is 6.04 Å². The van der Waals surface area contributed by atoms with Crippen LogP contribution >= 0.6 is 0 Å². The normalized spacial score (nSPS) is 26.0. The lowest BCUT2D eigenvalue weighted by atomic mass is 9.78. The summed E-state index contributed by atoms with van der Waals surface area (Å²) in [4.78, 5) is 23.4. The van der Waals surface area contributed by atoms with Crippen molar-refractivity contribution in [2.75, 3.05) is 6.61 Å². The van der Waals surface area contributed by atoms with E-state index in [0.29, 0.717) is 6.61 Å². The zero-order valence-electron chi connectivity index (χ0n) is 13.7. The lowest BCUT2D eigenvalue weighted by Crippen LogP contribution is -2.49. The van der Waals surface area contributed by atoms with E-state index in [1.165, 1.54) is 0 Å². The molecule has 0 aromatic carbocycles. The molecule has 1 aliphatic rings. The van der Waals surface area contributed by atoms with Gasteiger partial charge < -0.3 is 9.47 Å². The Kier molecular flexibility index (Phi) is 6.45. The highest BCUT2D eigenvalue weighted by atomic mass is 16.6. The second kappa shape index (κ2) is 7.64. The van der Waals surface area contributed by atoms with Crippen molar-refractivity contribution in [3.63, 3.8) is 0 Å². The molecule has 1 amide bonds. The van der Waals surface area contributed by atoms with Gasteiger partial charge in [-0.05, 0) is 52.9 Å². The summed E-state index contributed by atoms with van der Waals surface area (Å²) in [6.07, 6.45) is 1.93. The topological polar surface area (TPSA) is 76.7 Å². The molecule has 1 fully saturated rings. The zero-order chi connectivity index (χ0) is 16.0. The van der Waals surface area contributed by atoms with Crippen LogP contribution in [0.1, 0.15) is 53.9 Å². The largest absolute Gasteiger partial charge is 0.466 e. The molecule has 0 aliphatic heterocycles. The fraction of sp³-hybridized carbons (Fsp3) is 0.867. The maximum Gasteiger partial charge on any atom is 0.422 e. The van der Waals surface area contributed by atoms with Crippen molar-refractivity contribution in [1.29, 1.82) is 0 Å². The molecule has 1 aliphatic carbocycles. The molecule has 0 unspecified atom stereocenters. The number of rotatable bonds is 4. The zero-order valence-corrected chi connectivity index (χ0v) is 13.7. The van der Waals surface area contributed by atoms with Gasteiger partial charge in [-0.15, -0.1) is 0 Å². The van der Waals surface area contributed by atoms with Crippen LogP contribution in [0.5, 0.6) is 0 Å². The number of carbonyl (C=O) groups excluding carboxylic acids is 2. The standard InChI is InChI=1S/C15H28N2O4/c1-6-20-13(18)12-8-7-11(9-10(12)2)16-17-14(19)21-15(3,4)5/h10-12,16H,6-9H2,1-5H3,(H,17,19)/t10-,11-,12-/m0/s1. The van der Waals surface area contributed by atoms with Gasteiger partial charge in [-0.2, -0.15) is 0 Å². The number of nitrogens with one attached hydrogen (secondary N) is 2. The number of amides is 1. The Hall–Kier alpha value is -1.30. The minimum absolute atomic E-state index is 0.0375. The van der Waals surface area contributed by atoms with Crippen molar-refractivity contribution >= 4 is 12.1 Å². The smallest absolute Gasteiger partial charge is 0.422 e. The fourth-order valence-electron chi connectivity index (χ4n) is 2.59. The van der Waals surface area contributed by atoms with Crippen LogP contribution in [0.2, 0.25) is 0 Å². The first kappa shape index (κ1) is 17.8. The average molecular weight is 300 g/mol. The summed E-state index contributed by atoms with van der Waals surface area (Å²) in [5.74, 6) is 0.0869. The van der Waals surface area contributed by atoms with Crippen LogP contribution in [0.3, 0.4) is 0 Å². The number of hydrogen-bond acceptors (Lipinski definition) is 5. The van der Waals surface area contributed by atoms with E-state index in [4.69, 9.17) is 9.47 Å². The molecule has 1 rings (SSSR count). The van der Waals surface area contributed by atoms with Crippen LogP contribution < -0.4 is 10.9 Å². The van der Waals surface area contributed by atoms with Crippen molar-refractivity contribution in [2.45, 2.75) is 65.5 Å². The third-order valence-electron chi connectivity index (χ3n) is 3.54. The van der Waals surface area contributed by atoms with Crippen molar-refractivity contribution in [3.05, 3.63) is 0 Å². The van der Waals surface area contributed by atoms with Gasteiger partial charge in [0.1, 0.15) is 5.60 Å². The third kappa shape index (κ3) is 6.33. The predicted octanol–water partition coefficient (Wildman–Crippen LogP) is 2.38. The summed E-state index contributed by atoms with van der Waals surface area (Å²) in [5, 5.41) is 0. The molecule has 122 valence electrons. The second-order valence-electron chi connectivity index (χ2n) is 6.62. The number of esters is 1. The molecule has 0 aromatic heterocycles. The van der Waals surface area contributed by atoms with Crippen LogP contribution in [0, 0.1) is 11.8 Å². The van der Waals surface area contributed by atoms with E-state index >= 15 is 0 Å². The Bertz CT molecular complexity index is 365. The van der Waals surface area contributed by atoms with E-state index in [2.05, 4.69) is 10.9 Å². The molecular weight excluding hydrogens is 272 g/mol. The number of hydrogen-bond donors (Lipinski definition) is 2. The maximum absolute atomic E-state index is 11.8. The second-order valence-corrected chi connectivity index (χ2v) is 6.62. The Morgan fingerprint density at radius 2 is 1.90 bits per heavy atom. The SMILES string of the molecule is CCOC(=O)[C@H]1CC[C@H](NNC(=O)OC(C)(C)C)C[C@@H]1C. The summed E-state index contributed by atoms with van der Waals surface area (Å²) < 4.78 is 10.3. The first-order valence-corrected chi connectivity index (χ1v) is 7.64. The Morgan fingerprint density at radius 3 is 2.43 bits per heavy atom. The van der Waals surface area contributed by atoms with Gasteiger partial charge in [0.05, 0.1) is 12.5 Å². The third-order valence-corrected chi connectivity index (χ3v) is 3.54. The highest BCUT2D eigenvalue weighted by Crippen LogP contribution is 2.30. The minimum atomic E-state index is -0.513. The number of hydrazine groups is 1. The highest BCUT2D eigenvalue weighted by molar-refractivity contribution is 5.72. The van der Waals surface area contributed by atoms with Crippen LogP contribution in [-0.4, -0.2) is 30.3 Å². The monoisotopic (exact) mass is 300 g/mol. The molecule has 2 N–H and O–H groups in total. The quantitative estimate of drug-likeness (QED) is 0.616. The first-order valence-electron chi connectivity index (χ1n) is 7.64. The van der Waals surface area contributed by atoms with E-state index in [9.17, 15) is 9.59 Å². The summed E-state index contributed by atoms with van der Waals surface area (Å²) in [6.45, 7) is 9.74. The fourth-order valence-corrected chi connectivity index (χ4v) is 2.59. The molecule has 0 aromatic rings. The molecule has 0 spiro atoms. The van der Waals surface area contributed by atoms with Gasteiger partial charge in [-0.25, -0.2) is 10.2 Å². The van der Waals surface area contributed by atoms with Gasteiger partial charge in [0.2, 0.25) is 0 Å². The van der Waals surface area contributed by atoms with Crippen LogP contribution in [0.4, 0.5) is 4.79 Å². The van der Waals surface area contributed by atoms with Crippen LogP contribution in [0.25, 0.3) is 0 Å². The molecule has 0 bridgehead atoms. The van der Waals surface area contributed by atoms with Gasteiger partial charge in [0.15, 0.2) is 0 Å². The number of ether oxygens (including phenoxy) is 2. The summed E-state index contributed by atoms with van der Waals surface area (Å²) in [7, 11) is 0. The Morgan fingerprint density at radius 1 is 1.24 bits per heavy atom. The average Bonchev–Trinajstić information content (AvgIpc) is 2.34. The van der Waals surface area contributed by atoms with E-state index in [1.807, 2.05) is 34.6 Å².